The third-order valence-corrected chi connectivity index (χ3v) is 3.60. The monoisotopic (exact) mass is 259 g/mol. The topological polar surface area (TPSA) is 20.3 Å². The standard InChI is InChI=1S/C12H18ClNOS/c1-14(8-4-2-3-7-13)12(15)10-11-6-5-9-16-11/h5-6,9H,2-4,7-8,10H2,1H3. The lowest BCUT2D eigenvalue weighted by molar-refractivity contribution is -0.129. The molecule has 90 valence electrons. The summed E-state index contributed by atoms with van der Waals surface area (Å²) in [6, 6.07) is 3.98. The summed E-state index contributed by atoms with van der Waals surface area (Å²) in [5.74, 6) is 0.917. The summed E-state index contributed by atoms with van der Waals surface area (Å²) in [4.78, 5) is 14.7. The summed E-state index contributed by atoms with van der Waals surface area (Å²) >= 11 is 7.23. The molecule has 4 heteroatoms. The van der Waals surface area contributed by atoms with Crippen molar-refractivity contribution in [2.75, 3.05) is 19.5 Å². The molecule has 0 bridgehead atoms. The molecule has 1 heterocycles. The average Bonchev–Trinajstić information content (AvgIpc) is 2.76. The van der Waals surface area contributed by atoms with Crippen LogP contribution in [0.1, 0.15) is 24.1 Å². The molecule has 0 atom stereocenters. The molecule has 0 fully saturated rings. The van der Waals surface area contributed by atoms with Gasteiger partial charge < -0.3 is 4.90 Å². The van der Waals surface area contributed by atoms with Crippen LogP contribution in [-0.4, -0.2) is 30.3 Å². The molecule has 1 rings (SSSR count). The molecule has 16 heavy (non-hydrogen) atoms. The highest BCUT2D eigenvalue weighted by Gasteiger charge is 2.09. The normalized spacial score (nSPS) is 10.4. The number of unbranched alkanes of at least 4 members (excludes halogenated alkanes) is 2. The van der Waals surface area contributed by atoms with Gasteiger partial charge in [-0.15, -0.1) is 22.9 Å². The maximum Gasteiger partial charge on any atom is 0.227 e. The second-order valence-corrected chi connectivity index (χ2v) is 5.23. The second-order valence-electron chi connectivity index (χ2n) is 3.82. The summed E-state index contributed by atoms with van der Waals surface area (Å²) in [5.41, 5.74) is 0. The van der Waals surface area contributed by atoms with E-state index >= 15 is 0 Å². The smallest absolute Gasteiger partial charge is 0.227 e. The van der Waals surface area contributed by atoms with Gasteiger partial charge in [-0.2, -0.15) is 0 Å². The lowest BCUT2D eigenvalue weighted by atomic mass is 10.2. The number of halogens is 1. The Hall–Kier alpha value is -0.540. The first-order valence-electron chi connectivity index (χ1n) is 5.56. The van der Waals surface area contributed by atoms with Crippen molar-refractivity contribution >= 4 is 28.8 Å². The van der Waals surface area contributed by atoms with Gasteiger partial charge in [-0.3, -0.25) is 4.79 Å². The zero-order chi connectivity index (χ0) is 11.8. The molecule has 0 saturated carbocycles. The molecule has 1 aromatic rings. The van der Waals surface area contributed by atoms with Gasteiger partial charge in [0.05, 0.1) is 6.42 Å². The average molecular weight is 260 g/mol. The minimum Gasteiger partial charge on any atom is -0.345 e. The second kappa shape index (κ2) is 7.69. The molecule has 0 aliphatic rings. The van der Waals surface area contributed by atoms with E-state index in [1.807, 2.05) is 29.5 Å². The number of nitrogens with zero attached hydrogens (tertiary/aromatic N) is 1. The van der Waals surface area contributed by atoms with Gasteiger partial charge >= 0.3 is 0 Å². The first kappa shape index (κ1) is 13.5. The van der Waals surface area contributed by atoms with Crippen LogP contribution in [0.3, 0.4) is 0 Å². The number of alkyl halides is 1. The van der Waals surface area contributed by atoms with Crippen molar-refractivity contribution in [1.82, 2.24) is 4.90 Å². The third kappa shape index (κ3) is 4.99. The zero-order valence-electron chi connectivity index (χ0n) is 9.62. The van der Waals surface area contributed by atoms with E-state index in [0.717, 1.165) is 30.7 Å². The van der Waals surface area contributed by atoms with Crippen LogP contribution in [-0.2, 0) is 11.2 Å². The van der Waals surface area contributed by atoms with Crippen LogP contribution in [0, 0.1) is 0 Å². The largest absolute Gasteiger partial charge is 0.345 e. The predicted octanol–water partition coefficient (Wildman–Crippen LogP) is 3.16. The van der Waals surface area contributed by atoms with Gasteiger partial charge in [-0.1, -0.05) is 12.5 Å². The highest BCUT2D eigenvalue weighted by atomic mass is 35.5. The van der Waals surface area contributed by atoms with E-state index in [-0.39, 0.29) is 5.91 Å². The van der Waals surface area contributed by atoms with Crippen molar-refractivity contribution in [1.29, 1.82) is 0 Å². The van der Waals surface area contributed by atoms with Gasteiger partial charge in [0, 0.05) is 24.3 Å². The fraction of sp³-hybridized carbons (Fsp3) is 0.583. The Morgan fingerprint density at radius 1 is 1.44 bits per heavy atom. The number of hydrogen-bond acceptors (Lipinski definition) is 2. The molecule has 1 aromatic heterocycles. The fourth-order valence-corrected chi connectivity index (χ4v) is 2.33. The van der Waals surface area contributed by atoms with Gasteiger partial charge in [0.25, 0.3) is 0 Å². The molecule has 0 aliphatic heterocycles. The van der Waals surface area contributed by atoms with E-state index < -0.39 is 0 Å². The van der Waals surface area contributed by atoms with Gasteiger partial charge in [-0.25, -0.2) is 0 Å². The molecule has 1 amide bonds. The summed E-state index contributed by atoms with van der Waals surface area (Å²) in [7, 11) is 1.87. The lowest BCUT2D eigenvalue weighted by Gasteiger charge is -2.16. The number of rotatable bonds is 7. The fourth-order valence-electron chi connectivity index (χ4n) is 1.44. The Bertz CT molecular complexity index is 300. The molecule has 0 N–H and O–H groups in total. The number of thiophene rings is 1. The van der Waals surface area contributed by atoms with E-state index in [2.05, 4.69) is 0 Å². The maximum absolute atomic E-state index is 11.8. The van der Waals surface area contributed by atoms with Crippen molar-refractivity contribution in [2.45, 2.75) is 25.7 Å². The molecular weight excluding hydrogens is 242 g/mol. The third-order valence-electron chi connectivity index (χ3n) is 2.46. The molecule has 2 nitrogen and oxygen atoms in total. The highest BCUT2D eigenvalue weighted by molar-refractivity contribution is 7.10. The first-order chi connectivity index (χ1) is 7.74. The van der Waals surface area contributed by atoms with Crippen molar-refractivity contribution in [3.05, 3.63) is 22.4 Å². The Kier molecular flexibility index (Phi) is 6.50. The van der Waals surface area contributed by atoms with Crippen molar-refractivity contribution in [2.24, 2.45) is 0 Å². The summed E-state index contributed by atoms with van der Waals surface area (Å²) < 4.78 is 0. The molecule has 0 aliphatic carbocycles. The van der Waals surface area contributed by atoms with Gasteiger partial charge in [0.2, 0.25) is 5.91 Å². The number of likely N-dealkylation sites (N-methyl/N-ethyl adjacent to an activating group) is 1. The molecule has 0 radical (unpaired) electrons. The number of amides is 1. The number of carbonyl (C=O) groups excluding carboxylic acids is 1. The summed E-state index contributed by atoms with van der Waals surface area (Å²) in [6.45, 7) is 0.834. The first-order valence-corrected chi connectivity index (χ1v) is 6.97. The molecular formula is C12H18ClNOS. The van der Waals surface area contributed by atoms with Crippen LogP contribution in [0.15, 0.2) is 17.5 Å². The minimum atomic E-state index is 0.202. The Labute approximate surface area is 106 Å². The van der Waals surface area contributed by atoms with E-state index in [4.69, 9.17) is 11.6 Å². The highest BCUT2D eigenvalue weighted by Crippen LogP contribution is 2.10. The number of carbonyl (C=O) groups is 1. The molecule has 0 unspecified atom stereocenters. The van der Waals surface area contributed by atoms with E-state index in [9.17, 15) is 4.79 Å². The zero-order valence-corrected chi connectivity index (χ0v) is 11.2. The lowest BCUT2D eigenvalue weighted by Crippen LogP contribution is -2.28. The summed E-state index contributed by atoms with van der Waals surface area (Å²) in [5, 5.41) is 2.00. The van der Waals surface area contributed by atoms with Crippen LogP contribution in [0.4, 0.5) is 0 Å². The molecule has 0 aromatic carbocycles. The SMILES string of the molecule is CN(CCCCCCl)C(=O)Cc1cccs1. The number of hydrogen-bond donors (Lipinski definition) is 0. The minimum absolute atomic E-state index is 0.202. The quantitative estimate of drug-likeness (QED) is 0.544. The molecule has 0 spiro atoms. The molecule has 0 saturated heterocycles. The van der Waals surface area contributed by atoms with Gasteiger partial charge in [-0.05, 0) is 24.3 Å². The van der Waals surface area contributed by atoms with E-state index in [0.29, 0.717) is 12.3 Å². The van der Waals surface area contributed by atoms with Crippen molar-refractivity contribution in [3.8, 4) is 0 Å². The van der Waals surface area contributed by atoms with Crippen LogP contribution >= 0.6 is 22.9 Å². The van der Waals surface area contributed by atoms with Crippen LogP contribution in [0.5, 0.6) is 0 Å². The maximum atomic E-state index is 11.8. The van der Waals surface area contributed by atoms with Crippen molar-refractivity contribution < 1.29 is 4.79 Å². The van der Waals surface area contributed by atoms with E-state index in [1.165, 1.54) is 0 Å². The summed E-state index contributed by atoms with van der Waals surface area (Å²) in [6.07, 6.45) is 3.71. The van der Waals surface area contributed by atoms with Crippen molar-refractivity contribution in [3.63, 3.8) is 0 Å². The van der Waals surface area contributed by atoms with Gasteiger partial charge in [0.15, 0.2) is 0 Å². The van der Waals surface area contributed by atoms with Crippen LogP contribution < -0.4 is 0 Å². The Balaban J connectivity index is 2.20. The predicted molar refractivity (Wildman–Crippen MR) is 70.2 cm³/mol. The van der Waals surface area contributed by atoms with Crippen LogP contribution in [0.25, 0.3) is 0 Å². The Morgan fingerprint density at radius 2 is 2.25 bits per heavy atom. The Morgan fingerprint density at radius 3 is 2.88 bits per heavy atom. The van der Waals surface area contributed by atoms with Crippen LogP contribution in [0.2, 0.25) is 0 Å². The van der Waals surface area contributed by atoms with Gasteiger partial charge in [0.1, 0.15) is 0 Å². The van der Waals surface area contributed by atoms with E-state index in [1.54, 1.807) is 11.3 Å².